The van der Waals surface area contributed by atoms with Crippen LogP contribution in [0.5, 0.6) is 0 Å². The number of rotatable bonds is 14. The van der Waals surface area contributed by atoms with Crippen molar-refractivity contribution >= 4 is 45.9 Å². The summed E-state index contributed by atoms with van der Waals surface area (Å²) < 4.78 is 11.2. The number of ether oxygens (including phenoxy) is 2. The molecule has 0 amide bonds. The van der Waals surface area contributed by atoms with E-state index in [2.05, 4.69) is 13.8 Å². The van der Waals surface area contributed by atoms with E-state index in [0.717, 1.165) is 38.5 Å². The molecule has 0 bridgehead atoms. The van der Waals surface area contributed by atoms with Gasteiger partial charge in [-0.25, -0.2) is 0 Å². The topological polar surface area (TPSA) is 52.6 Å². The van der Waals surface area contributed by atoms with Crippen molar-refractivity contribution in [3.63, 3.8) is 0 Å². The molecule has 23 heavy (non-hydrogen) atoms. The summed E-state index contributed by atoms with van der Waals surface area (Å²) in [7, 11) is 12.7. The molecule has 0 spiro atoms. The van der Waals surface area contributed by atoms with E-state index < -0.39 is 16.1 Å². The SMILES string of the molecule is CCCCCOC(=O)C[CH2][Sn]([Cl])([Cl])[CH2]CC(=O)OCCCCC. The van der Waals surface area contributed by atoms with Gasteiger partial charge in [0.15, 0.2) is 0 Å². The van der Waals surface area contributed by atoms with E-state index in [4.69, 9.17) is 27.3 Å². The molecule has 0 atom stereocenters. The molecule has 0 rings (SSSR count). The average molecular weight is 476 g/mol. The molecular weight excluding hydrogens is 446 g/mol. The Morgan fingerprint density at radius 1 is 0.783 bits per heavy atom. The number of carbonyl (C=O) groups is 2. The van der Waals surface area contributed by atoms with Crippen LogP contribution in [-0.4, -0.2) is 41.3 Å². The van der Waals surface area contributed by atoms with Crippen LogP contribution in [0.3, 0.4) is 0 Å². The first kappa shape index (κ1) is 23.3. The van der Waals surface area contributed by atoms with E-state index in [1.54, 1.807) is 0 Å². The Kier molecular flexibility index (Phi) is 14.8. The van der Waals surface area contributed by atoms with Gasteiger partial charge in [0.2, 0.25) is 0 Å². The van der Waals surface area contributed by atoms with Crippen molar-refractivity contribution in [2.45, 2.75) is 74.1 Å². The number of hydrogen-bond acceptors (Lipinski definition) is 4. The Labute approximate surface area is 151 Å². The average Bonchev–Trinajstić information content (AvgIpc) is 2.52. The van der Waals surface area contributed by atoms with E-state index in [-0.39, 0.29) is 24.8 Å². The van der Waals surface area contributed by atoms with Gasteiger partial charge in [0.25, 0.3) is 0 Å². The first-order chi connectivity index (χ1) is 10.9. The van der Waals surface area contributed by atoms with E-state index in [1.165, 1.54) is 0 Å². The zero-order valence-corrected chi connectivity index (χ0v) is 18.7. The minimum absolute atomic E-state index is 0.245. The molecule has 0 radical (unpaired) electrons. The Bertz CT molecular complexity index is 308. The summed E-state index contributed by atoms with van der Waals surface area (Å²) in [5.74, 6) is -0.490. The molecule has 7 heteroatoms. The fraction of sp³-hybridized carbons (Fsp3) is 0.875. The molecule has 136 valence electrons. The van der Waals surface area contributed by atoms with Crippen molar-refractivity contribution < 1.29 is 19.1 Å². The normalized spacial score (nSPS) is 11.3. The first-order valence-corrected chi connectivity index (χ1v) is 19.9. The van der Waals surface area contributed by atoms with Gasteiger partial charge < -0.3 is 0 Å². The van der Waals surface area contributed by atoms with Gasteiger partial charge in [-0.3, -0.25) is 0 Å². The van der Waals surface area contributed by atoms with Crippen molar-refractivity contribution in [3.8, 4) is 0 Å². The number of carbonyl (C=O) groups excluding carboxylic acids is 2. The van der Waals surface area contributed by atoms with Gasteiger partial charge in [0.1, 0.15) is 0 Å². The molecule has 0 heterocycles. The van der Waals surface area contributed by atoms with Gasteiger partial charge in [-0.05, 0) is 0 Å². The van der Waals surface area contributed by atoms with Crippen molar-refractivity contribution in [1.82, 2.24) is 0 Å². The molecule has 0 aliphatic rings. The summed E-state index contributed by atoms with van der Waals surface area (Å²) in [4.78, 5) is 23.2. The fourth-order valence-corrected chi connectivity index (χ4v) is 8.42. The van der Waals surface area contributed by atoms with E-state index in [1.807, 2.05) is 0 Å². The first-order valence-electron chi connectivity index (χ1n) is 8.60. The summed E-state index contributed by atoms with van der Waals surface area (Å²) in [6.07, 6.45) is 6.58. The molecule has 0 aliphatic heterocycles. The molecule has 0 aliphatic carbocycles. The van der Waals surface area contributed by atoms with Crippen LogP contribution in [0.25, 0.3) is 0 Å². The minimum atomic E-state index is -3.36. The van der Waals surface area contributed by atoms with Crippen LogP contribution >= 0.6 is 17.8 Å². The van der Waals surface area contributed by atoms with Crippen LogP contribution in [0.1, 0.15) is 65.2 Å². The van der Waals surface area contributed by atoms with Crippen molar-refractivity contribution in [1.29, 1.82) is 0 Å². The molecular formula is C16H30Cl2O4Sn. The van der Waals surface area contributed by atoms with Crippen molar-refractivity contribution in [2.24, 2.45) is 0 Å². The Morgan fingerprint density at radius 2 is 1.17 bits per heavy atom. The summed E-state index contributed by atoms with van der Waals surface area (Å²) in [6.45, 7) is 5.12. The van der Waals surface area contributed by atoms with Gasteiger partial charge in [0.05, 0.1) is 0 Å². The predicted molar refractivity (Wildman–Crippen MR) is 97.3 cm³/mol. The van der Waals surface area contributed by atoms with Gasteiger partial charge in [-0.2, -0.15) is 0 Å². The third kappa shape index (κ3) is 15.6. The maximum atomic E-state index is 11.6. The predicted octanol–water partition coefficient (Wildman–Crippen LogP) is 5.15. The Balaban J connectivity index is 3.78. The molecule has 4 nitrogen and oxygen atoms in total. The van der Waals surface area contributed by atoms with Crippen LogP contribution in [0.15, 0.2) is 0 Å². The Hall–Kier alpha value is 0.319. The summed E-state index contributed by atoms with van der Waals surface area (Å²) >= 11 is -3.36. The van der Waals surface area contributed by atoms with E-state index in [0.29, 0.717) is 22.1 Å². The zero-order valence-electron chi connectivity index (χ0n) is 14.4. The van der Waals surface area contributed by atoms with Crippen LogP contribution in [0.2, 0.25) is 8.87 Å². The van der Waals surface area contributed by atoms with Gasteiger partial charge in [-0.15, -0.1) is 0 Å². The molecule has 0 aromatic carbocycles. The van der Waals surface area contributed by atoms with Gasteiger partial charge in [-0.1, -0.05) is 0 Å². The second kappa shape index (κ2) is 14.6. The van der Waals surface area contributed by atoms with Gasteiger partial charge >= 0.3 is 152 Å². The summed E-state index contributed by atoms with van der Waals surface area (Å²) in [6, 6.07) is 0. The van der Waals surface area contributed by atoms with Gasteiger partial charge in [0, 0.05) is 0 Å². The summed E-state index contributed by atoms with van der Waals surface area (Å²) in [5, 5.41) is 0. The van der Waals surface area contributed by atoms with Crippen LogP contribution in [0.4, 0.5) is 0 Å². The second-order valence-electron chi connectivity index (χ2n) is 5.71. The van der Waals surface area contributed by atoms with Crippen molar-refractivity contribution in [3.05, 3.63) is 0 Å². The summed E-state index contributed by atoms with van der Waals surface area (Å²) in [5.41, 5.74) is 0. The number of esters is 2. The molecule has 0 saturated heterocycles. The quantitative estimate of drug-likeness (QED) is 0.198. The van der Waals surface area contributed by atoms with Crippen LogP contribution in [-0.2, 0) is 19.1 Å². The molecule has 0 unspecified atom stereocenters. The number of unbranched alkanes of at least 4 members (excludes halogenated alkanes) is 4. The monoisotopic (exact) mass is 476 g/mol. The third-order valence-electron chi connectivity index (χ3n) is 3.41. The maximum absolute atomic E-state index is 11.6. The third-order valence-corrected chi connectivity index (χ3v) is 14.1. The second-order valence-corrected chi connectivity index (χ2v) is 24.5. The van der Waals surface area contributed by atoms with Crippen LogP contribution < -0.4 is 0 Å². The zero-order chi connectivity index (χ0) is 17.6. The van der Waals surface area contributed by atoms with Crippen LogP contribution in [0, 0.1) is 0 Å². The molecule has 0 saturated carbocycles. The standard InChI is InChI=1S/2C8H15O2.2ClH.Sn/c2*1-3-5-6-7-10-8(9)4-2;;;/h2*2-7H2,1H3;2*1H;/q;;;;+2/p-2. The molecule has 0 N–H and O–H groups in total. The van der Waals surface area contributed by atoms with Crippen molar-refractivity contribution in [2.75, 3.05) is 13.2 Å². The fourth-order valence-electron chi connectivity index (χ4n) is 1.92. The number of halogens is 2. The number of hydrogen-bond donors (Lipinski definition) is 0. The van der Waals surface area contributed by atoms with E-state index >= 15 is 0 Å². The molecule has 0 aromatic rings. The van der Waals surface area contributed by atoms with E-state index in [9.17, 15) is 9.59 Å². The molecule has 0 aromatic heterocycles. The Morgan fingerprint density at radius 3 is 1.52 bits per heavy atom. The molecule has 0 fully saturated rings.